The van der Waals surface area contributed by atoms with Crippen molar-refractivity contribution >= 4 is 23.3 Å². The van der Waals surface area contributed by atoms with Gasteiger partial charge in [0.25, 0.3) is 5.91 Å². The maximum atomic E-state index is 13.8. The molecule has 1 aliphatic carbocycles. The van der Waals surface area contributed by atoms with Crippen LogP contribution in [0.15, 0.2) is 47.0 Å². The first-order valence-corrected chi connectivity index (χ1v) is 10.5. The molecule has 2 aromatic rings. The number of carbonyl (C=O) groups excluding carboxylic acids is 1. The predicted octanol–water partition coefficient (Wildman–Crippen LogP) is 4.47. The van der Waals surface area contributed by atoms with Crippen LogP contribution in [0.3, 0.4) is 0 Å². The zero-order valence-electron chi connectivity index (χ0n) is 18.6. The van der Waals surface area contributed by atoms with Gasteiger partial charge in [-0.25, -0.2) is 4.68 Å². The maximum Gasteiger partial charge on any atom is 0.459 e. The Morgan fingerprint density at radius 2 is 1.95 bits per heavy atom. The van der Waals surface area contributed by atoms with Crippen LogP contribution in [0.5, 0.6) is 0 Å². The van der Waals surface area contributed by atoms with Gasteiger partial charge in [-0.15, -0.1) is 0 Å². The van der Waals surface area contributed by atoms with E-state index in [0.29, 0.717) is 17.5 Å². The highest BCUT2D eigenvalue weighted by Crippen LogP contribution is 2.41. The van der Waals surface area contributed by atoms with Gasteiger partial charge >= 0.3 is 18.7 Å². The van der Waals surface area contributed by atoms with Crippen LogP contribution in [-0.4, -0.2) is 52.8 Å². The molecule has 0 spiro atoms. The molecule has 0 saturated heterocycles. The molecule has 0 bridgehead atoms. The molecule has 0 unspecified atom stereocenters. The Labute approximate surface area is 209 Å². The molecule has 3 N–H and O–H groups in total. The lowest BCUT2D eigenvalue weighted by molar-refractivity contribution is -0.266. The second kappa shape index (κ2) is 9.92. The molecule has 3 rings (SSSR count). The Bertz CT molecular complexity index is 1310. The first kappa shape index (κ1) is 27.8. The number of hydrogen-bond donors (Lipinski definition) is 2. The van der Waals surface area contributed by atoms with Crippen LogP contribution in [0, 0.1) is 11.3 Å². The number of carbonyl (C=O) groups is 1. The minimum Gasteiger partial charge on any atom is -0.429 e. The van der Waals surface area contributed by atoms with E-state index in [2.05, 4.69) is 20.1 Å². The smallest absolute Gasteiger partial charge is 0.429 e. The van der Waals surface area contributed by atoms with Crippen molar-refractivity contribution in [2.45, 2.75) is 37.1 Å². The summed E-state index contributed by atoms with van der Waals surface area (Å²) < 4.78 is 96.4. The number of rotatable bonds is 7. The lowest BCUT2D eigenvalue weighted by Crippen LogP contribution is -2.43. The van der Waals surface area contributed by atoms with Crippen LogP contribution in [0.4, 0.5) is 30.7 Å². The van der Waals surface area contributed by atoms with E-state index in [1.54, 1.807) is 0 Å². The Hall–Kier alpha value is -3.80. The van der Waals surface area contributed by atoms with Gasteiger partial charge in [-0.3, -0.25) is 9.79 Å². The molecule has 0 radical (unpaired) electrons. The normalized spacial score (nSPS) is 16.2. The highest BCUT2D eigenvalue weighted by molar-refractivity contribution is 6.34. The van der Waals surface area contributed by atoms with E-state index in [4.69, 9.17) is 22.6 Å². The van der Waals surface area contributed by atoms with E-state index in [-0.39, 0.29) is 21.7 Å². The molecule has 1 aromatic heterocycles. The SMILES string of the molecule is CN=C(/C(OC(F)F)=C(\N)C(F)(F)C(F)(F)F)n1cc(-c2ccc(Cl)c(C(=O)NC3(C#N)CC3)c2)cn1. The van der Waals surface area contributed by atoms with Gasteiger partial charge in [0.1, 0.15) is 11.2 Å². The van der Waals surface area contributed by atoms with Crippen molar-refractivity contribution in [2.24, 2.45) is 10.7 Å². The monoisotopic (exact) mass is 552 g/mol. The van der Waals surface area contributed by atoms with E-state index in [1.165, 1.54) is 18.2 Å². The maximum absolute atomic E-state index is 13.8. The minimum absolute atomic E-state index is 0.0199. The third-order valence-electron chi connectivity index (χ3n) is 5.22. The summed E-state index contributed by atoms with van der Waals surface area (Å²) in [5.74, 6) is -9.10. The predicted molar refractivity (Wildman–Crippen MR) is 116 cm³/mol. The standard InChI is InChI=1S/C21H16ClF7N6O2/c1-32-16(14(37-18(23)24)15(31)20(25,26)21(27,28)29)35-8-11(7-33-35)10-2-3-13(22)12(6-10)17(36)34-19(9-30)4-5-19/h2-3,6-8,18H,4-5,31H2,1H3,(H,34,36)/b15-14+,32-16?. The van der Waals surface area contributed by atoms with Crippen molar-refractivity contribution < 1.29 is 40.3 Å². The molecule has 1 saturated carbocycles. The van der Waals surface area contributed by atoms with Gasteiger partial charge in [0.2, 0.25) is 0 Å². The largest absolute Gasteiger partial charge is 0.459 e. The van der Waals surface area contributed by atoms with Gasteiger partial charge in [-0.05, 0) is 30.5 Å². The molecule has 8 nitrogen and oxygen atoms in total. The lowest BCUT2D eigenvalue weighted by Gasteiger charge is -2.23. The van der Waals surface area contributed by atoms with E-state index >= 15 is 0 Å². The van der Waals surface area contributed by atoms with Gasteiger partial charge in [0.15, 0.2) is 11.6 Å². The Morgan fingerprint density at radius 3 is 2.46 bits per heavy atom. The molecule has 1 aliphatic rings. The Morgan fingerprint density at radius 1 is 1.30 bits per heavy atom. The molecule has 37 heavy (non-hydrogen) atoms. The number of nitrogens with zero attached hydrogens (tertiary/aromatic N) is 4. The highest BCUT2D eigenvalue weighted by Gasteiger charge is 2.61. The van der Waals surface area contributed by atoms with Gasteiger partial charge < -0.3 is 15.8 Å². The average molecular weight is 553 g/mol. The third-order valence-corrected chi connectivity index (χ3v) is 5.55. The Kier molecular flexibility index (Phi) is 7.45. The molecule has 1 fully saturated rings. The van der Waals surface area contributed by atoms with E-state index < -0.39 is 47.4 Å². The zero-order valence-corrected chi connectivity index (χ0v) is 19.3. The van der Waals surface area contributed by atoms with E-state index in [0.717, 1.165) is 19.4 Å². The summed E-state index contributed by atoms with van der Waals surface area (Å²) in [6, 6.07) is 6.08. The molecule has 198 valence electrons. The molecule has 0 atom stereocenters. The van der Waals surface area contributed by atoms with Gasteiger partial charge in [0.05, 0.1) is 22.9 Å². The number of alkyl halides is 7. The number of amides is 1. The van der Waals surface area contributed by atoms with Crippen molar-refractivity contribution in [3.8, 4) is 17.2 Å². The van der Waals surface area contributed by atoms with Crippen molar-refractivity contribution in [1.29, 1.82) is 5.26 Å². The van der Waals surface area contributed by atoms with E-state index in [9.17, 15) is 35.5 Å². The summed E-state index contributed by atoms with van der Waals surface area (Å²) in [4.78, 5) is 16.1. The summed E-state index contributed by atoms with van der Waals surface area (Å²) in [7, 11) is 0.901. The number of ether oxygens (including phenoxy) is 1. The van der Waals surface area contributed by atoms with Crippen molar-refractivity contribution in [3.63, 3.8) is 0 Å². The van der Waals surface area contributed by atoms with Crippen LogP contribution in [0.25, 0.3) is 11.1 Å². The average Bonchev–Trinajstić information content (AvgIpc) is 3.42. The van der Waals surface area contributed by atoms with Crippen LogP contribution >= 0.6 is 11.6 Å². The summed E-state index contributed by atoms with van der Waals surface area (Å²) in [5, 5.41) is 15.5. The first-order valence-electron chi connectivity index (χ1n) is 10.1. The summed E-state index contributed by atoms with van der Waals surface area (Å²) in [6.45, 7) is -3.83. The second-order valence-electron chi connectivity index (χ2n) is 7.76. The van der Waals surface area contributed by atoms with Crippen LogP contribution in [-0.2, 0) is 4.74 Å². The van der Waals surface area contributed by atoms with E-state index in [1.807, 2.05) is 6.07 Å². The zero-order chi connectivity index (χ0) is 27.8. The van der Waals surface area contributed by atoms with Crippen LogP contribution in [0.2, 0.25) is 5.02 Å². The molecule has 1 heterocycles. The first-order chi connectivity index (χ1) is 17.2. The molecular weight excluding hydrogens is 537 g/mol. The molecular formula is C21H16ClF7N6O2. The van der Waals surface area contributed by atoms with Gasteiger partial charge in [-0.2, -0.15) is 41.1 Å². The highest BCUT2D eigenvalue weighted by atomic mass is 35.5. The number of aromatic nitrogens is 2. The fourth-order valence-electron chi connectivity index (χ4n) is 3.07. The number of halogens is 8. The van der Waals surface area contributed by atoms with Gasteiger partial charge in [-0.1, -0.05) is 17.7 Å². The number of allylic oxidation sites excluding steroid dienone is 2. The molecule has 16 heteroatoms. The Balaban J connectivity index is 2.01. The van der Waals surface area contributed by atoms with Crippen molar-refractivity contribution in [3.05, 3.63) is 52.6 Å². The topological polar surface area (TPSA) is 118 Å². The molecule has 1 amide bonds. The quantitative estimate of drug-likeness (QED) is 0.227. The number of aliphatic imine (C=N–C) groups is 1. The van der Waals surface area contributed by atoms with Crippen molar-refractivity contribution in [1.82, 2.24) is 15.1 Å². The van der Waals surface area contributed by atoms with Crippen LogP contribution < -0.4 is 11.1 Å². The molecule has 0 aliphatic heterocycles. The minimum atomic E-state index is -6.22. The number of hydrogen-bond acceptors (Lipinski definition) is 6. The number of benzene rings is 1. The fraction of sp³-hybridized carbons (Fsp3) is 0.333. The lowest BCUT2D eigenvalue weighted by atomic mass is 10.1. The number of nitriles is 1. The van der Waals surface area contributed by atoms with Crippen molar-refractivity contribution in [2.75, 3.05) is 7.05 Å². The summed E-state index contributed by atoms with van der Waals surface area (Å²) in [5.41, 5.74) is 2.02. The number of nitrogens with two attached hydrogens (primary N) is 1. The second-order valence-corrected chi connectivity index (χ2v) is 8.16. The molecule has 1 aromatic carbocycles. The van der Waals surface area contributed by atoms with Gasteiger partial charge in [0, 0.05) is 18.8 Å². The fourth-order valence-corrected chi connectivity index (χ4v) is 3.27. The van der Waals surface area contributed by atoms with Crippen LogP contribution in [0.1, 0.15) is 23.2 Å². The third kappa shape index (κ3) is 5.63. The summed E-state index contributed by atoms with van der Waals surface area (Å²) >= 11 is 6.10. The summed E-state index contributed by atoms with van der Waals surface area (Å²) in [6.07, 6.45) is -3.16. The number of nitrogens with one attached hydrogen (secondary N) is 1.